The van der Waals surface area contributed by atoms with Gasteiger partial charge in [0.1, 0.15) is 4.85 Å². The van der Waals surface area contributed by atoms with Crippen LogP contribution in [0.5, 0.6) is 0 Å². The van der Waals surface area contributed by atoms with Crippen molar-refractivity contribution in [3.63, 3.8) is 0 Å². The molecule has 102 valence electrons. The lowest BCUT2D eigenvalue weighted by molar-refractivity contribution is -0.0503. The van der Waals surface area contributed by atoms with Crippen LogP contribution >= 0.6 is 0 Å². The van der Waals surface area contributed by atoms with Crippen molar-refractivity contribution < 1.29 is 18.0 Å². The molecule has 1 aliphatic rings. The second-order valence-electron chi connectivity index (χ2n) is 4.39. The van der Waals surface area contributed by atoms with E-state index in [9.17, 15) is 0 Å². The van der Waals surface area contributed by atoms with E-state index in [1.54, 1.807) is 0 Å². The second-order valence-corrected chi connectivity index (χ2v) is 10.0. The Balaban J connectivity index is 2.90. The molecule has 1 atom stereocenters. The monoisotopic (exact) mass is 278 g/mol. The predicted molar refractivity (Wildman–Crippen MR) is 73.1 cm³/mol. The van der Waals surface area contributed by atoms with Gasteiger partial charge in [0.15, 0.2) is 0 Å². The average Bonchev–Trinajstić information content (AvgIpc) is 2.31. The minimum atomic E-state index is -2.68. The summed E-state index contributed by atoms with van der Waals surface area (Å²) in [5.74, 6) is 0. The normalized spacial score (nSPS) is 26.3. The van der Waals surface area contributed by atoms with Gasteiger partial charge in [0.05, 0.1) is 0 Å². The molecule has 0 bridgehead atoms. The molecule has 1 unspecified atom stereocenters. The topological polar surface area (TPSA) is 36.9 Å². The van der Waals surface area contributed by atoms with E-state index in [0.29, 0.717) is 19.8 Å². The Labute approximate surface area is 109 Å². The van der Waals surface area contributed by atoms with E-state index in [2.05, 4.69) is 0 Å². The van der Waals surface area contributed by atoms with Crippen molar-refractivity contribution in [3.8, 4) is 0 Å². The van der Waals surface area contributed by atoms with Crippen molar-refractivity contribution in [1.82, 2.24) is 0 Å². The smallest absolute Gasteiger partial charge is 0.375 e. The zero-order valence-corrected chi connectivity index (χ0v) is 14.6. The maximum Gasteiger partial charge on any atom is 0.530 e. The first-order valence-corrected chi connectivity index (χ1v) is 9.42. The number of rotatable bonds is 7. The van der Waals surface area contributed by atoms with Crippen LogP contribution in [0.1, 0.15) is 40.0 Å². The van der Waals surface area contributed by atoms with Crippen molar-refractivity contribution in [2.45, 2.75) is 44.9 Å². The minimum Gasteiger partial charge on any atom is -0.375 e. The van der Waals surface area contributed by atoms with E-state index in [-0.39, 0.29) is 4.85 Å². The molecule has 0 aliphatic carbocycles. The van der Waals surface area contributed by atoms with Gasteiger partial charge < -0.3 is 18.0 Å². The molecular weight excluding hydrogens is 252 g/mol. The Kier molecular flexibility index (Phi) is 6.32. The third kappa shape index (κ3) is 3.39. The summed E-state index contributed by atoms with van der Waals surface area (Å²) in [6.07, 6.45) is 3.34. The van der Waals surface area contributed by atoms with Crippen molar-refractivity contribution in [2.24, 2.45) is 0 Å². The van der Waals surface area contributed by atoms with Crippen LogP contribution in [0, 0.1) is 0 Å². The fourth-order valence-electron chi connectivity index (χ4n) is 2.33. The molecule has 1 fully saturated rings. The molecule has 1 heterocycles. The van der Waals surface area contributed by atoms with Crippen molar-refractivity contribution in [2.75, 3.05) is 26.4 Å². The first kappa shape index (κ1) is 15.3. The van der Waals surface area contributed by atoms with Crippen LogP contribution in [-0.4, -0.2) is 50.3 Å². The molecule has 0 N–H and O–H groups in total. The number of hydrogen-bond acceptors (Lipinski definition) is 4. The minimum absolute atomic E-state index is 0.243. The van der Waals surface area contributed by atoms with Crippen LogP contribution in [0.3, 0.4) is 0 Å². The van der Waals surface area contributed by atoms with Crippen LogP contribution < -0.4 is 0 Å². The maximum absolute atomic E-state index is 6.04. The summed E-state index contributed by atoms with van der Waals surface area (Å²) >= 11 is 0. The van der Waals surface area contributed by atoms with Crippen LogP contribution in [0.4, 0.5) is 0 Å². The first-order chi connectivity index (χ1) is 8.14. The van der Waals surface area contributed by atoms with Crippen molar-refractivity contribution in [3.05, 3.63) is 0 Å². The fourth-order valence-corrected chi connectivity index (χ4v) is 7.25. The quantitative estimate of drug-likeness (QED) is 0.647. The van der Waals surface area contributed by atoms with E-state index < -0.39 is 8.80 Å². The van der Waals surface area contributed by atoms with Gasteiger partial charge in [-0.1, -0.05) is 0 Å². The lowest BCUT2D eigenvalue weighted by Gasteiger charge is -2.44. The highest BCUT2D eigenvalue weighted by Gasteiger charge is 2.59. The third-order valence-corrected chi connectivity index (χ3v) is 9.44. The molecule has 0 aromatic rings. The third-order valence-electron chi connectivity index (χ3n) is 3.12. The van der Waals surface area contributed by atoms with Gasteiger partial charge in [-0.2, -0.15) is 0 Å². The van der Waals surface area contributed by atoms with Crippen molar-refractivity contribution in [1.29, 1.82) is 0 Å². The van der Waals surface area contributed by atoms with Gasteiger partial charge in [-0.25, -0.2) is 0 Å². The van der Waals surface area contributed by atoms with E-state index in [1.165, 1.54) is 6.42 Å². The molecule has 0 aromatic heterocycles. The molecule has 4 nitrogen and oxygen atoms in total. The highest BCUT2D eigenvalue weighted by Crippen LogP contribution is 2.33. The molecule has 6 heteroatoms. The van der Waals surface area contributed by atoms with Crippen LogP contribution in [-0.2, 0) is 18.0 Å². The van der Waals surface area contributed by atoms with Gasteiger partial charge in [-0.15, -0.1) is 0 Å². The molecular formula is C11H26O4Si2. The average molecular weight is 278 g/mol. The standard InChI is InChI=1S/C11H26O4Si2/c1-4-13-17(14-5-2,15-6-3)11(16)9-7-8-10-12-11/h4-10H2,1-3,16H3. The summed E-state index contributed by atoms with van der Waals surface area (Å²) in [4.78, 5) is -0.243. The Morgan fingerprint density at radius 2 is 1.59 bits per heavy atom. The summed E-state index contributed by atoms with van der Waals surface area (Å²) in [7, 11) is -1.79. The highest BCUT2D eigenvalue weighted by molar-refractivity contribution is 6.72. The van der Waals surface area contributed by atoms with Crippen LogP contribution in [0.15, 0.2) is 0 Å². The van der Waals surface area contributed by atoms with Crippen LogP contribution in [0.2, 0.25) is 0 Å². The molecule has 1 saturated heterocycles. The molecule has 0 aromatic carbocycles. The maximum atomic E-state index is 6.04. The second kappa shape index (κ2) is 7.01. The zero-order valence-electron chi connectivity index (χ0n) is 11.6. The Morgan fingerprint density at radius 3 is 1.94 bits per heavy atom. The van der Waals surface area contributed by atoms with Gasteiger partial charge in [0.25, 0.3) is 0 Å². The molecule has 0 spiro atoms. The Morgan fingerprint density at radius 1 is 1.06 bits per heavy atom. The highest BCUT2D eigenvalue weighted by atomic mass is 28.4. The molecule has 1 aliphatic heterocycles. The van der Waals surface area contributed by atoms with Gasteiger partial charge in [0, 0.05) is 36.7 Å². The lowest BCUT2D eigenvalue weighted by atomic mass is 10.2. The van der Waals surface area contributed by atoms with E-state index in [4.69, 9.17) is 18.0 Å². The molecule has 0 saturated carbocycles. The van der Waals surface area contributed by atoms with Gasteiger partial charge >= 0.3 is 8.80 Å². The van der Waals surface area contributed by atoms with Gasteiger partial charge in [0.2, 0.25) is 0 Å². The zero-order chi connectivity index (χ0) is 12.8. The van der Waals surface area contributed by atoms with E-state index in [1.807, 2.05) is 20.8 Å². The molecule has 1 rings (SSSR count). The van der Waals surface area contributed by atoms with E-state index >= 15 is 0 Å². The van der Waals surface area contributed by atoms with Crippen molar-refractivity contribution >= 4 is 19.0 Å². The summed E-state index contributed by atoms with van der Waals surface area (Å²) in [6.45, 7) is 8.67. The Bertz CT molecular complexity index is 202. The largest absolute Gasteiger partial charge is 0.530 e. The molecule has 17 heavy (non-hydrogen) atoms. The summed E-state index contributed by atoms with van der Waals surface area (Å²) in [5, 5.41) is 0. The summed E-state index contributed by atoms with van der Waals surface area (Å²) in [5.41, 5.74) is 0. The number of ether oxygens (including phenoxy) is 1. The summed E-state index contributed by atoms with van der Waals surface area (Å²) < 4.78 is 23.9. The first-order valence-electron chi connectivity index (χ1n) is 6.70. The molecule has 0 radical (unpaired) electrons. The fraction of sp³-hybridized carbons (Fsp3) is 1.00. The summed E-state index contributed by atoms with van der Waals surface area (Å²) in [6, 6.07) is 0. The lowest BCUT2D eigenvalue weighted by Crippen LogP contribution is -2.68. The predicted octanol–water partition coefficient (Wildman–Crippen LogP) is 0.836. The van der Waals surface area contributed by atoms with Gasteiger partial charge in [-0.3, -0.25) is 0 Å². The SMILES string of the molecule is CCO[Si](OCC)(OCC)C1([SiH3])CCCCO1. The Hall–Kier alpha value is 0.274. The molecule has 0 amide bonds. The van der Waals surface area contributed by atoms with Gasteiger partial charge in [-0.05, 0) is 40.0 Å². The van der Waals surface area contributed by atoms with E-state index in [0.717, 1.165) is 29.7 Å². The van der Waals surface area contributed by atoms with Crippen LogP contribution in [0.25, 0.3) is 0 Å². The number of hydrogen-bond donors (Lipinski definition) is 0.